The molecule has 0 saturated carbocycles. The largest absolute Gasteiger partial charge is 0.375 e. The Balaban J connectivity index is 1.43. The highest BCUT2D eigenvalue weighted by molar-refractivity contribution is 6.05. The van der Waals surface area contributed by atoms with Gasteiger partial charge >= 0.3 is 0 Å². The first-order valence-corrected chi connectivity index (χ1v) is 11.7. The predicted octanol–water partition coefficient (Wildman–Crippen LogP) is 4.54. The molecule has 36 heavy (non-hydrogen) atoms. The van der Waals surface area contributed by atoms with Crippen LogP contribution in [0.5, 0.6) is 0 Å². The molecule has 0 radical (unpaired) electrons. The molecule has 9 nitrogen and oxygen atoms in total. The summed E-state index contributed by atoms with van der Waals surface area (Å²) in [5, 5.41) is 19.6. The molecule has 0 fully saturated rings. The summed E-state index contributed by atoms with van der Waals surface area (Å²) >= 11 is 0. The molecule has 0 aliphatic carbocycles. The number of carbonyl (C=O) groups is 1. The summed E-state index contributed by atoms with van der Waals surface area (Å²) in [6.07, 6.45) is 4.73. The van der Waals surface area contributed by atoms with Crippen molar-refractivity contribution in [3.05, 3.63) is 90.0 Å². The van der Waals surface area contributed by atoms with E-state index in [4.69, 9.17) is 15.6 Å². The molecule has 4 aromatic rings. The number of amidine groups is 1. The van der Waals surface area contributed by atoms with Crippen LogP contribution in [0, 0.1) is 10.8 Å². The molecule has 3 N–H and O–H groups in total. The number of carbonyl (C=O) groups excluding carboxylic acids is 1. The number of amides is 1. The van der Waals surface area contributed by atoms with Crippen LogP contribution >= 0.6 is 0 Å². The number of rotatable bonds is 10. The van der Waals surface area contributed by atoms with Gasteiger partial charge in [-0.1, -0.05) is 36.4 Å². The summed E-state index contributed by atoms with van der Waals surface area (Å²) in [6.45, 7) is 5.50. The molecule has 184 valence electrons. The molecule has 0 atom stereocenters. The van der Waals surface area contributed by atoms with E-state index in [1.165, 1.54) is 4.90 Å². The molecule has 0 aliphatic heterocycles. The standard InChI is InChI=1S/C27H29N7O2/c1-19(2)34(18-28)26(29)22-9-6-10-25(31-22)32-27(35)23-15-24-21(16-30-23)11-12-33(24)13-14-36-17-20-7-4-3-5-8-20/h3-12,15-16,18-19,28-29H,13-14,17H2,1-2H3,(H,31,32,35). The fraction of sp³-hybridized carbons (Fsp3) is 0.222. The number of hydrogen-bond acceptors (Lipinski definition) is 6. The van der Waals surface area contributed by atoms with E-state index in [-0.39, 0.29) is 17.6 Å². The summed E-state index contributed by atoms with van der Waals surface area (Å²) < 4.78 is 7.85. The molecule has 0 aliphatic rings. The van der Waals surface area contributed by atoms with Crippen molar-refractivity contribution in [2.45, 2.75) is 33.0 Å². The van der Waals surface area contributed by atoms with Crippen LogP contribution in [-0.2, 0) is 17.9 Å². The van der Waals surface area contributed by atoms with Crippen LogP contribution < -0.4 is 5.32 Å². The lowest BCUT2D eigenvalue weighted by molar-refractivity contribution is 0.102. The first-order chi connectivity index (χ1) is 17.5. The number of fused-ring (bicyclic) bond motifs is 1. The van der Waals surface area contributed by atoms with E-state index in [0.29, 0.717) is 31.3 Å². The van der Waals surface area contributed by atoms with Crippen LogP contribution in [0.25, 0.3) is 10.9 Å². The van der Waals surface area contributed by atoms with Crippen LogP contribution in [0.3, 0.4) is 0 Å². The van der Waals surface area contributed by atoms with Gasteiger partial charge in [-0.3, -0.25) is 20.6 Å². The van der Waals surface area contributed by atoms with Crippen molar-refractivity contribution in [3.8, 4) is 0 Å². The SMILES string of the molecule is CC(C)N(C=N)C(=N)c1cccc(NC(=O)c2cc3c(ccn3CCOCc3ccccc3)cn2)n1. The van der Waals surface area contributed by atoms with Gasteiger partial charge in [0.05, 0.1) is 25.1 Å². The van der Waals surface area contributed by atoms with Crippen molar-refractivity contribution in [2.75, 3.05) is 11.9 Å². The quantitative estimate of drug-likeness (QED) is 0.174. The molecule has 4 rings (SSSR count). The third-order valence-corrected chi connectivity index (χ3v) is 5.66. The van der Waals surface area contributed by atoms with Gasteiger partial charge in [0.15, 0.2) is 5.84 Å². The number of benzene rings is 1. The number of nitrogens with one attached hydrogen (secondary N) is 3. The van der Waals surface area contributed by atoms with E-state index in [0.717, 1.165) is 22.8 Å². The summed E-state index contributed by atoms with van der Waals surface area (Å²) in [4.78, 5) is 23.1. The van der Waals surface area contributed by atoms with Crippen molar-refractivity contribution >= 4 is 34.8 Å². The molecule has 3 heterocycles. The molecule has 9 heteroatoms. The van der Waals surface area contributed by atoms with Crippen LogP contribution in [0.1, 0.15) is 35.6 Å². The Bertz CT molecular complexity index is 1370. The van der Waals surface area contributed by atoms with Crippen molar-refractivity contribution < 1.29 is 9.53 Å². The van der Waals surface area contributed by atoms with E-state index in [1.807, 2.05) is 61.0 Å². The van der Waals surface area contributed by atoms with E-state index in [9.17, 15) is 4.79 Å². The maximum absolute atomic E-state index is 12.9. The second-order valence-electron chi connectivity index (χ2n) is 8.52. The van der Waals surface area contributed by atoms with Crippen molar-refractivity contribution in [3.63, 3.8) is 0 Å². The maximum atomic E-state index is 12.9. The minimum atomic E-state index is -0.395. The predicted molar refractivity (Wildman–Crippen MR) is 141 cm³/mol. The molecule has 0 spiro atoms. The number of hydrogen-bond donors (Lipinski definition) is 3. The van der Waals surface area contributed by atoms with Gasteiger partial charge in [-0.05, 0) is 43.7 Å². The number of aromatic nitrogens is 3. The molecule has 3 aromatic heterocycles. The number of anilines is 1. The zero-order valence-electron chi connectivity index (χ0n) is 20.3. The van der Waals surface area contributed by atoms with Crippen molar-refractivity contribution in [2.24, 2.45) is 0 Å². The van der Waals surface area contributed by atoms with Crippen LogP contribution in [0.2, 0.25) is 0 Å². The Morgan fingerprint density at radius 1 is 1.14 bits per heavy atom. The lowest BCUT2D eigenvalue weighted by Gasteiger charge is -2.23. The third kappa shape index (κ3) is 5.81. The van der Waals surface area contributed by atoms with Gasteiger partial charge < -0.3 is 19.5 Å². The zero-order valence-corrected chi connectivity index (χ0v) is 20.3. The number of ether oxygens (including phenoxy) is 1. The molecule has 0 bridgehead atoms. The second-order valence-corrected chi connectivity index (χ2v) is 8.52. The van der Waals surface area contributed by atoms with Crippen LogP contribution in [0.15, 0.2) is 73.1 Å². The first kappa shape index (κ1) is 24.7. The number of nitrogens with zero attached hydrogens (tertiary/aromatic N) is 4. The minimum Gasteiger partial charge on any atom is -0.375 e. The molecular formula is C27H29N7O2. The lowest BCUT2D eigenvalue weighted by atomic mass is 10.2. The first-order valence-electron chi connectivity index (χ1n) is 11.7. The summed E-state index contributed by atoms with van der Waals surface area (Å²) in [6, 6.07) is 18.7. The number of pyridine rings is 2. The van der Waals surface area contributed by atoms with Gasteiger partial charge in [0.2, 0.25) is 0 Å². The highest BCUT2D eigenvalue weighted by atomic mass is 16.5. The van der Waals surface area contributed by atoms with Crippen LogP contribution in [0.4, 0.5) is 5.82 Å². The van der Waals surface area contributed by atoms with Crippen molar-refractivity contribution in [1.82, 2.24) is 19.4 Å². The normalized spacial score (nSPS) is 11.0. The molecule has 0 saturated heterocycles. The molecule has 1 amide bonds. The topological polar surface area (TPSA) is 120 Å². The average molecular weight is 484 g/mol. The smallest absolute Gasteiger partial charge is 0.275 e. The fourth-order valence-corrected chi connectivity index (χ4v) is 3.75. The highest BCUT2D eigenvalue weighted by Gasteiger charge is 2.16. The van der Waals surface area contributed by atoms with E-state index >= 15 is 0 Å². The van der Waals surface area contributed by atoms with Gasteiger partial charge in [0.1, 0.15) is 17.2 Å². The Labute approximate surface area is 209 Å². The van der Waals surface area contributed by atoms with Gasteiger partial charge in [-0.15, -0.1) is 0 Å². The average Bonchev–Trinajstić information content (AvgIpc) is 3.29. The summed E-state index contributed by atoms with van der Waals surface area (Å²) in [5.41, 5.74) is 2.64. The molecular weight excluding hydrogens is 454 g/mol. The van der Waals surface area contributed by atoms with Gasteiger partial charge in [0, 0.05) is 30.4 Å². The maximum Gasteiger partial charge on any atom is 0.275 e. The fourth-order valence-electron chi connectivity index (χ4n) is 3.75. The Morgan fingerprint density at radius 2 is 1.94 bits per heavy atom. The lowest BCUT2D eigenvalue weighted by Crippen LogP contribution is -2.36. The summed E-state index contributed by atoms with van der Waals surface area (Å²) in [7, 11) is 0. The van der Waals surface area contributed by atoms with E-state index in [2.05, 4.69) is 15.3 Å². The van der Waals surface area contributed by atoms with Gasteiger partial charge in [0.25, 0.3) is 5.91 Å². The monoisotopic (exact) mass is 483 g/mol. The van der Waals surface area contributed by atoms with E-state index in [1.54, 1.807) is 30.5 Å². The Hall–Kier alpha value is -4.37. The molecule has 1 aromatic carbocycles. The third-order valence-electron chi connectivity index (χ3n) is 5.66. The van der Waals surface area contributed by atoms with Crippen molar-refractivity contribution in [1.29, 1.82) is 10.8 Å². The van der Waals surface area contributed by atoms with E-state index < -0.39 is 5.91 Å². The Morgan fingerprint density at radius 3 is 2.69 bits per heavy atom. The highest BCUT2D eigenvalue weighted by Crippen LogP contribution is 2.17. The van der Waals surface area contributed by atoms with Gasteiger partial charge in [-0.2, -0.15) is 0 Å². The zero-order chi connectivity index (χ0) is 25.5. The second kappa shape index (κ2) is 11.4. The summed E-state index contributed by atoms with van der Waals surface area (Å²) in [5.74, 6) is -0.000546. The molecule has 0 unspecified atom stereocenters. The minimum absolute atomic E-state index is 0.0639. The van der Waals surface area contributed by atoms with Crippen LogP contribution in [-0.4, -0.2) is 50.2 Å². The Kier molecular flexibility index (Phi) is 7.82. The van der Waals surface area contributed by atoms with Gasteiger partial charge in [-0.25, -0.2) is 4.98 Å².